The van der Waals surface area contributed by atoms with E-state index in [2.05, 4.69) is 0 Å². The summed E-state index contributed by atoms with van der Waals surface area (Å²) in [6.45, 7) is 4.38. The molecule has 0 bridgehead atoms. The van der Waals surface area contributed by atoms with E-state index in [1.54, 1.807) is 16.7 Å². The van der Waals surface area contributed by atoms with Crippen molar-refractivity contribution in [1.29, 1.82) is 0 Å². The molecule has 4 nitrogen and oxygen atoms in total. The summed E-state index contributed by atoms with van der Waals surface area (Å²) in [5.74, 6) is 0.842. The number of rotatable bonds is 3. The lowest BCUT2D eigenvalue weighted by atomic mass is 10.1. The third-order valence-electron chi connectivity index (χ3n) is 2.41. The van der Waals surface area contributed by atoms with Crippen molar-refractivity contribution in [2.45, 2.75) is 26.3 Å². The molecule has 1 atom stereocenters. The first kappa shape index (κ1) is 12.4. The molecule has 1 amide bonds. The van der Waals surface area contributed by atoms with Crippen LogP contribution in [0.5, 0.6) is 0 Å². The Morgan fingerprint density at radius 3 is 2.73 bits per heavy atom. The summed E-state index contributed by atoms with van der Waals surface area (Å²) in [7, 11) is 0. The fraction of sp³-hybridized carbons (Fsp3) is 0.800. The second-order valence-corrected chi connectivity index (χ2v) is 5.16. The van der Waals surface area contributed by atoms with Crippen LogP contribution in [-0.4, -0.2) is 46.0 Å². The van der Waals surface area contributed by atoms with Gasteiger partial charge in [-0.25, -0.2) is 0 Å². The van der Waals surface area contributed by atoms with E-state index in [0.717, 1.165) is 11.5 Å². The van der Waals surface area contributed by atoms with E-state index in [0.29, 0.717) is 6.54 Å². The molecule has 1 rings (SSSR count). The number of carbonyl (C=O) groups is 2. The van der Waals surface area contributed by atoms with Gasteiger partial charge in [0.15, 0.2) is 0 Å². The van der Waals surface area contributed by atoms with Crippen molar-refractivity contribution < 1.29 is 14.7 Å². The number of amides is 1. The highest BCUT2D eigenvalue weighted by atomic mass is 32.2. The molecule has 0 saturated carbocycles. The van der Waals surface area contributed by atoms with E-state index >= 15 is 0 Å². The smallest absolute Gasteiger partial charge is 0.305 e. The Morgan fingerprint density at radius 2 is 2.20 bits per heavy atom. The zero-order valence-corrected chi connectivity index (χ0v) is 9.92. The Hall–Kier alpha value is -0.710. The number of hydrogen-bond donors (Lipinski definition) is 1. The van der Waals surface area contributed by atoms with Crippen molar-refractivity contribution in [3.63, 3.8) is 0 Å². The monoisotopic (exact) mass is 231 g/mol. The van der Waals surface area contributed by atoms with E-state index in [-0.39, 0.29) is 24.3 Å². The molecule has 1 N–H and O–H groups in total. The molecule has 1 unspecified atom stereocenters. The van der Waals surface area contributed by atoms with E-state index in [1.807, 2.05) is 13.8 Å². The van der Waals surface area contributed by atoms with Gasteiger partial charge in [0, 0.05) is 24.0 Å². The van der Waals surface area contributed by atoms with Gasteiger partial charge in [-0.05, 0) is 0 Å². The Balaban J connectivity index is 2.65. The Kier molecular flexibility index (Phi) is 4.45. The van der Waals surface area contributed by atoms with Crippen LogP contribution in [0.25, 0.3) is 0 Å². The predicted molar refractivity (Wildman–Crippen MR) is 59.9 cm³/mol. The van der Waals surface area contributed by atoms with Crippen molar-refractivity contribution in [1.82, 2.24) is 4.90 Å². The van der Waals surface area contributed by atoms with Crippen LogP contribution in [0, 0.1) is 5.92 Å². The summed E-state index contributed by atoms with van der Waals surface area (Å²) >= 11 is 1.72. The summed E-state index contributed by atoms with van der Waals surface area (Å²) < 4.78 is 0. The molecule has 1 saturated heterocycles. The Labute approximate surface area is 94.0 Å². The van der Waals surface area contributed by atoms with Gasteiger partial charge in [-0.3, -0.25) is 9.59 Å². The highest BCUT2D eigenvalue weighted by Crippen LogP contribution is 2.20. The van der Waals surface area contributed by atoms with Gasteiger partial charge in [0.25, 0.3) is 0 Å². The van der Waals surface area contributed by atoms with Gasteiger partial charge >= 0.3 is 5.97 Å². The second-order valence-electron chi connectivity index (χ2n) is 4.01. The molecular weight excluding hydrogens is 214 g/mol. The van der Waals surface area contributed by atoms with Gasteiger partial charge in [-0.1, -0.05) is 13.8 Å². The maximum absolute atomic E-state index is 11.8. The summed E-state index contributed by atoms with van der Waals surface area (Å²) in [6.07, 6.45) is 0.0610. The van der Waals surface area contributed by atoms with Crippen molar-refractivity contribution in [2.24, 2.45) is 5.92 Å². The molecule has 15 heavy (non-hydrogen) atoms. The molecule has 1 fully saturated rings. The van der Waals surface area contributed by atoms with Gasteiger partial charge in [0.05, 0.1) is 12.5 Å². The molecule has 1 aliphatic rings. The molecule has 0 spiro atoms. The molecule has 1 heterocycles. The molecule has 0 aromatic heterocycles. The highest BCUT2D eigenvalue weighted by Gasteiger charge is 2.29. The largest absolute Gasteiger partial charge is 0.481 e. The fourth-order valence-electron chi connectivity index (χ4n) is 1.65. The van der Waals surface area contributed by atoms with E-state index < -0.39 is 5.97 Å². The van der Waals surface area contributed by atoms with Crippen LogP contribution in [0.2, 0.25) is 0 Å². The van der Waals surface area contributed by atoms with Crippen molar-refractivity contribution >= 4 is 23.6 Å². The van der Waals surface area contributed by atoms with Crippen LogP contribution in [-0.2, 0) is 9.59 Å². The minimum absolute atomic E-state index is 0.0515. The van der Waals surface area contributed by atoms with Crippen molar-refractivity contribution in [2.75, 3.05) is 18.1 Å². The lowest BCUT2D eigenvalue weighted by Crippen LogP contribution is -2.48. The maximum Gasteiger partial charge on any atom is 0.305 e. The fourth-order valence-corrected chi connectivity index (χ4v) is 2.71. The summed E-state index contributed by atoms with van der Waals surface area (Å²) in [5, 5.41) is 8.76. The predicted octanol–water partition coefficient (Wildman–Crippen LogP) is 1.06. The maximum atomic E-state index is 11.8. The van der Waals surface area contributed by atoms with Crippen LogP contribution in [0.3, 0.4) is 0 Å². The summed E-state index contributed by atoms with van der Waals surface area (Å²) in [4.78, 5) is 24.2. The minimum Gasteiger partial charge on any atom is -0.481 e. The number of aliphatic carboxylic acids is 1. The van der Waals surface area contributed by atoms with Gasteiger partial charge in [-0.15, -0.1) is 0 Å². The lowest BCUT2D eigenvalue weighted by Gasteiger charge is -2.35. The van der Waals surface area contributed by atoms with Gasteiger partial charge in [0.2, 0.25) is 5.91 Å². The SMILES string of the molecule is CC(C)C(=O)N1CCSCC1CC(=O)O. The molecule has 86 valence electrons. The van der Waals surface area contributed by atoms with Gasteiger partial charge in [-0.2, -0.15) is 11.8 Å². The molecule has 0 radical (unpaired) electrons. The van der Waals surface area contributed by atoms with E-state index in [1.165, 1.54) is 0 Å². The Morgan fingerprint density at radius 1 is 1.53 bits per heavy atom. The molecule has 5 heteroatoms. The van der Waals surface area contributed by atoms with Crippen LogP contribution < -0.4 is 0 Å². The average molecular weight is 231 g/mol. The standard InChI is InChI=1S/C10H17NO3S/c1-7(2)10(14)11-3-4-15-6-8(11)5-9(12)13/h7-8H,3-6H2,1-2H3,(H,12,13). The second kappa shape index (κ2) is 5.39. The van der Waals surface area contributed by atoms with Crippen molar-refractivity contribution in [3.05, 3.63) is 0 Å². The first-order valence-corrected chi connectivity index (χ1v) is 6.28. The van der Waals surface area contributed by atoms with E-state index in [9.17, 15) is 9.59 Å². The highest BCUT2D eigenvalue weighted by molar-refractivity contribution is 7.99. The van der Waals surface area contributed by atoms with Gasteiger partial charge < -0.3 is 10.0 Å². The number of carboxylic acid groups (broad SMARTS) is 1. The lowest BCUT2D eigenvalue weighted by molar-refractivity contribution is -0.141. The van der Waals surface area contributed by atoms with Crippen LogP contribution >= 0.6 is 11.8 Å². The number of carbonyl (C=O) groups excluding carboxylic acids is 1. The van der Waals surface area contributed by atoms with Crippen molar-refractivity contribution in [3.8, 4) is 0 Å². The third kappa shape index (κ3) is 3.41. The zero-order valence-electron chi connectivity index (χ0n) is 9.10. The molecular formula is C10H17NO3S. The van der Waals surface area contributed by atoms with Crippen LogP contribution in [0.1, 0.15) is 20.3 Å². The quantitative estimate of drug-likeness (QED) is 0.789. The minimum atomic E-state index is -0.830. The molecule has 0 aromatic rings. The number of nitrogens with zero attached hydrogens (tertiary/aromatic N) is 1. The molecule has 1 aliphatic heterocycles. The first-order chi connectivity index (χ1) is 7.02. The average Bonchev–Trinajstić information content (AvgIpc) is 2.16. The van der Waals surface area contributed by atoms with Gasteiger partial charge in [0.1, 0.15) is 0 Å². The molecule has 0 aromatic carbocycles. The first-order valence-electron chi connectivity index (χ1n) is 5.12. The summed E-state index contributed by atoms with van der Waals surface area (Å²) in [6, 6.07) is -0.129. The number of hydrogen-bond acceptors (Lipinski definition) is 3. The normalized spacial score (nSPS) is 21.8. The third-order valence-corrected chi connectivity index (χ3v) is 3.51. The van der Waals surface area contributed by atoms with Crippen LogP contribution in [0.15, 0.2) is 0 Å². The topological polar surface area (TPSA) is 57.6 Å². The summed E-state index contributed by atoms with van der Waals surface area (Å²) in [5.41, 5.74) is 0. The zero-order chi connectivity index (χ0) is 11.4. The molecule has 0 aliphatic carbocycles. The number of thioether (sulfide) groups is 1. The Bertz CT molecular complexity index is 255. The number of carboxylic acids is 1. The van der Waals surface area contributed by atoms with Crippen LogP contribution in [0.4, 0.5) is 0 Å². The van der Waals surface area contributed by atoms with E-state index in [4.69, 9.17) is 5.11 Å².